The van der Waals surface area contributed by atoms with E-state index in [1.807, 2.05) is 6.07 Å². The molecule has 20 heavy (non-hydrogen) atoms. The van der Waals surface area contributed by atoms with Crippen LogP contribution in [0.4, 0.5) is 5.69 Å². The largest absolute Gasteiger partial charge is 0.497 e. The van der Waals surface area contributed by atoms with Crippen molar-refractivity contribution in [1.82, 2.24) is 0 Å². The van der Waals surface area contributed by atoms with Gasteiger partial charge >= 0.3 is 0 Å². The number of ether oxygens (including phenoxy) is 1. The van der Waals surface area contributed by atoms with Crippen molar-refractivity contribution in [3.63, 3.8) is 0 Å². The number of aliphatic hydroxyl groups is 1. The fourth-order valence-electron chi connectivity index (χ4n) is 1.82. The summed E-state index contributed by atoms with van der Waals surface area (Å²) in [5.74, 6) is 0.507. The van der Waals surface area contributed by atoms with Crippen LogP contribution in [-0.2, 0) is 0 Å². The van der Waals surface area contributed by atoms with Crippen molar-refractivity contribution >= 4 is 11.6 Å². The summed E-state index contributed by atoms with van der Waals surface area (Å²) in [5.41, 5.74) is 1.97. The molecule has 2 rings (SSSR count). The molecule has 0 radical (unpaired) electrons. The number of carbonyl (C=O) groups excluding carboxylic acids is 1. The van der Waals surface area contributed by atoms with Gasteiger partial charge in [-0.05, 0) is 48.9 Å². The Bertz CT molecular complexity index is 591. The highest BCUT2D eigenvalue weighted by molar-refractivity contribution is 6.04. The summed E-state index contributed by atoms with van der Waals surface area (Å²) in [6, 6.07) is 14.0. The van der Waals surface area contributed by atoms with E-state index in [1.54, 1.807) is 56.5 Å². The van der Waals surface area contributed by atoms with Crippen LogP contribution >= 0.6 is 0 Å². The summed E-state index contributed by atoms with van der Waals surface area (Å²) >= 11 is 0. The van der Waals surface area contributed by atoms with Crippen LogP contribution in [0.5, 0.6) is 5.75 Å². The summed E-state index contributed by atoms with van der Waals surface area (Å²) in [4.78, 5) is 12.1. The van der Waals surface area contributed by atoms with Gasteiger partial charge in [0.1, 0.15) is 5.75 Å². The Morgan fingerprint density at radius 1 is 1.20 bits per heavy atom. The highest BCUT2D eigenvalue weighted by Gasteiger charge is 2.07. The number of benzene rings is 2. The third kappa shape index (κ3) is 3.36. The van der Waals surface area contributed by atoms with Gasteiger partial charge < -0.3 is 15.2 Å². The van der Waals surface area contributed by atoms with Gasteiger partial charge in [0.2, 0.25) is 0 Å². The van der Waals surface area contributed by atoms with Gasteiger partial charge in [-0.1, -0.05) is 12.1 Å². The average Bonchev–Trinajstić information content (AvgIpc) is 2.47. The van der Waals surface area contributed by atoms with Crippen LogP contribution in [0.1, 0.15) is 28.9 Å². The van der Waals surface area contributed by atoms with Gasteiger partial charge in [0.05, 0.1) is 13.2 Å². The van der Waals surface area contributed by atoms with Gasteiger partial charge in [-0.15, -0.1) is 0 Å². The molecule has 4 heteroatoms. The molecule has 104 valence electrons. The predicted molar refractivity (Wildman–Crippen MR) is 78.0 cm³/mol. The first-order chi connectivity index (χ1) is 9.60. The zero-order chi connectivity index (χ0) is 14.5. The van der Waals surface area contributed by atoms with Crippen LogP contribution in [-0.4, -0.2) is 18.1 Å². The molecule has 1 unspecified atom stereocenters. The molecule has 2 aromatic rings. The van der Waals surface area contributed by atoms with Crippen molar-refractivity contribution in [2.45, 2.75) is 13.0 Å². The Morgan fingerprint density at radius 2 is 1.90 bits per heavy atom. The minimum absolute atomic E-state index is 0.199. The van der Waals surface area contributed by atoms with Crippen molar-refractivity contribution in [2.75, 3.05) is 12.4 Å². The molecule has 0 fully saturated rings. The first-order valence-electron chi connectivity index (χ1n) is 6.33. The normalized spacial score (nSPS) is 11.8. The summed E-state index contributed by atoms with van der Waals surface area (Å²) in [6.07, 6.45) is -0.562. The second-order valence-electron chi connectivity index (χ2n) is 4.48. The Kier molecular flexibility index (Phi) is 4.38. The fourth-order valence-corrected chi connectivity index (χ4v) is 1.82. The number of nitrogens with one attached hydrogen (secondary N) is 1. The molecular formula is C16H17NO3. The van der Waals surface area contributed by atoms with Gasteiger partial charge in [0.15, 0.2) is 0 Å². The molecule has 2 aromatic carbocycles. The topological polar surface area (TPSA) is 58.6 Å². The van der Waals surface area contributed by atoms with Crippen molar-refractivity contribution < 1.29 is 14.6 Å². The first-order valence-corrected chi connectivity index (χ1v) is 6.33. The maximum Gasteiger partial charge on any atom is 0.255 e. The minimum atomic E-state index is -0.562. The molecule has 1 amide bonds. The first kappa shape index (κ1) is 14.1. The Morgan fingerprint density at radius 3 is 2.50 bits per heavy atom. The van der Waals surface area contributed by atoms with Crippen molar-refractivity contribution in [3.05, 3.63) is 59.7 Å². The van der Waals surface area contributed by atoms with E-state index in [9.17, 15) is 9.90 Å². The number of amides is 1. The predicted octanol–water partition coefficient (Wildman–Crippen LogP) is 3.00. The number of hydrogen-bond acceptors (Lipinski definition) is 3. The van der Waals surface area contributed by atoms with E-state index >= 15 is 0 Å². The molecule has 1 atom stereocenters. The molecular weight excluding hydrogens is 254 g/mol. The standard InChI is InChI=1S/C16H17NO3/c1-11(18)13-4-3-5-14(10-13)17-16(19)12-6-8-15(20-2)9-7-12/h3-11,18H,1-2H3,(H,17,19). The number of anilines is 1. The molecule has 4 nitrogen and oxygen atoms in total. The highest BCUT2D eigenvalue weighted by Crippen LogP contribution is 2.18. The Labute approximate surface area is 118 Å². The smallest absolute Gasteiger partial charge is 0.255 e. The Hall–Kier alpha value is -2.33. The van der Waals surface area contributed by atoms with Crippen molar-refractivity contribution in [2.24, 2.45) is 0 Å². The second-order valence-corrected chi connectivity index (χ2v) is 4.48. The fraction of sp³-hybridized carbons (Fsp3) is 0.188. The van der Waals surface area contributed by atoms with E-state index in [1.165, 1.54) is 0 Å². The van der Waals surface area contributed by atoms with E-state index in [0.29, 0.717) is 17.0 Å². The maximum absolute atomic E-state index is 12.1. The molecule has 0 saturated carbocycles. The van der Waals surface area contributed by atoms with Gasteiger partial charge in [-0.2, -0.15) is 0 Å². The SMILES string of the molecule is COc1ccc(C(=O)Nc2cccc(C(C)O)c2)cc1. The number of aliphatic hydroxyl groups excluding tert-OH is 1. The monoisotopic (exact) mass is 271 g/mol. The van der Waals surface area contributed by atoms with Crippen LogP contribution in [0, 0.1) is 0 Å². The quantitative estimate of drug-likeness (QED) is 0.898. The van der Waals surface area contributed by atoms with E-state index in [-0.39, 0.29) is 5.91 Å². The molecule has 0 aliphatic rings. The maximum atomic E-state index is 12.1. The number of carbonyl (C=O) groups is 1. The zero-order valence-electron chi connectivity index (χ0n) is 11.5. The average molecular weight is 271 g/mol. The minimum Gasteiger partial charge on any atom is -0.497 e. The van der Waals surface area contributed by atoms with Gasteiger partial charge in [0, 0.05) is 11.3 Å². The number of rotatable bonds is 4. The van der Waals surface area contributed by atoms with Crippen LogP contribution in [0.15, 0.2) is 48.5 Å². The lowest BCUT2D eigenvalue weighted by Crippen LogP contribution is -2.12. The van der Waals surface area contributed by atoms with E-state index in [4.69, 9.17) is 4.74 Å². The van der Waals surface area contributed by atoms with Crippen LogP contribution in [0.2, 0.25) is 0 Å². The third-order valence-electron chi connectivity index (χ3n) is 2.98. The van der Waals surface area contributed by atoms with Gasteiger partial charge in [-0.3, -0.25) is 4.79 Å². The van der Waals surface area contributed by atoms with Crippen LogP contribution in [0.25, 0.3) is 0 Å². The van der Waals surface area contributed by atoms with E-state index in [2.05, 4.69) is 5.32 Å². The van der Waals surface area contributed by atoms with Gasteiger partial charge in [0.25, 0.3) is 5.91 Å². The molecule has 0 aliphatic heterocycles. The molecule has 0 spiro atoms. The van der Waals surface area contributed by atoms with Crippen LogP contribution < -0.4 is 10.1 Å². The lowest BCUT2D eigenvalue weighted by Gasteiger charge is -2.09. The molecule has 0 aromatic heterocycles. The van der Waals surface area contributed by atoms with Crippen LogP contribution in [0.3, 0.4) is 0 Å². The number of methoxy groups -OCH3 is 1. The molecule has 0 aliphatic carbocycles. The highest BCUT2D eigenvalue weighted by atomic mass is 16.5. The Balaban J connectivity index is 2.12. The number of hydrogen-bond donors (Lipinski definition) is 2. The zero-order valence-corrected chi connectivity index (χ0v) is 11.5. The van der Waals surface area contributed by atoms with Crippen molar-refractivity contribution in [3.8, 4) is 5.75 Å². The summed E-state index contributed by atoms with van der Waals surface area (Å²) in [7, 11) is 1.58. The summed E-state index contributed by atoms with van der Waals surface area (Å²) in [5, 5.41) is 12.3. The molecule has 0 heterocycles. The third-order valence-corrected chi connectivity index (χ3v) is 2.98. The lowest BCUT2D eigenvalue weighted by atomic mass is 10.1. The molecule has 0 bridgehead atoms. The molecule has 0 saturated heterocycles. The molecule has 2 N–H and O–H groups in total. The lowest BCUT2D eigenvalue weighted by molar-refractivity contribution is 0.102. The summed E-state index contributed by atoms with van der Waals surface area (Å²) < 4.78 is 5.05. The van der Waals surface area contributed by atoms with E-state index in [0.717, 1.165) is 5.56 Å². The van der Waals surface area contributed by atoms with Gasteiger partial charge in [-0.25, -0.2) is 0 Å². The van der Waals surface area contributed by atoms with E-state index < -0.39 is 6.10 Å². The second kappa shape index (κ2) is 6.21. The van der Waals surface area contributed by atoms with Crippen molar-refractivity contribution in [1.29, 1.82) is 0 Å². The summed E-state index contributed by atoms with van der Waals surface area (Å²) in [6.45, 7) is 1.68.